The van der Waals surface area contributed by atoms with Crippen molar-refractivity contribution in [1.82, 2.24) is 0 Å². The van der Waals surface area contributed by atoms with E-state index in [-0.39, 0.29) is 12.1 Å². The zero-order valence-electron chi connectivity index (χ0n) is 11.8. The second-order valence-electron chi connectivity index (χ2n) is 5.26. The Labute approximate surface area is 139 Å². The highest BCUT2D eigenvalue weighted by Gasteiger charge is 2.69. The largest absolute Gasteiger partial charge is 0.455 e. The number of nitro benzene ring substituents is 1. The summed E-state index contributed by atoms with van der Waals surface area (Å²) in [6, 6.07) is 2.67. The molecular weight excluding hydrogens is 354 g/mol. The monoisotopic (exact) mass is 364 g/mol. The van der Waals surface area contributed by atoms with Crippen LogP contribution in [0.2, 0.25) is 0 Å². The van der Waals surface area contributed by atoms with Gasteiger partial charge in [-0.05, 0) is 13.0 Å². The number of halogens is 3. The van der Waals surface area contributed by atoms with Crippen LogP contribution in [-0.2, 0) is 14.3 Å². The van der Waals surface area contributed by atoms with E-state index in [9.17, 15) is 24.1 Å². The molecule has 124 valence electrons. The van der Waals surface area contributed by atoms with Gasteiger partial charge in [0.15, 0.2) is 6.61 Å². The summed E-state index contributed by atoms with van der Waals surface area (Å²) in [6.45, 7) is 0.799. The van der Waals surface area contributed by atoms with Gasteiger partial charge in [-0.1, -0.05) is 0 Å². The van der Waals surface area contributed by atoms with Crippen LogP contribution in [0, 0.1) is 21.3 Å². The Bertz CT molecular complexity index is 697. The maximum atomic E-state index is 13.5. The lowest BCUT2D eigenvalue weighted by molar-refractivity contribution is -0.384. The Morgan fingerprint density at radius 3 is 2.61 bits per heavy atom. The first-order valence-corrected chi connectivity index (χ1v) is 7.11. The standard InChI is InChI=1S/C13H11Cl2FN2O5/c1-12(6-13(12,14)15)11(20)23-5-10(19)17-9-4-7(18(21)22)2-3-8(9)16/h2-4H,5-6H2,1H3,(H,17,19)/t12-/m0/s1. The van der Waals surface area contributed by atoms with Crippen LogP contribution in [0.3, 0.4) is 0 Å². The highest BCUT2D eigenvalue weighted by atomic mass is 35.5. The van der Waals surface area contributed by atoms with Crippen molar-refractivity contribution in [2.45, 2.75) is 17.7 Å². The minimum atomic E-state index is -1.23. The average Bonchev–Trinajstić information content (AvgIpc) is 2.98. The zero-order chi connectivity index (χ0) is 17.4. The number of rotatable bonds is 5. The van der Waals surface area contributed by atoms with Gasteiger partial charge in [-0.3, -0.25) is 19.7 Å². The van der Waals surface area contributed by atoms with E-state index in [0.717, 1.165) is 18.2 Å². The van der Waals surface area contributed by atoms with Crippen LogP contribution in [0.5, 0.6) is 0 Å². The lowest BCUT2D eigenvalue weighted by atomic mass is 10.1. The number of hydrogen-bond donors (Lipinski definition) is 1. The first-order chi connectivity index (χ1) is 10.6. The van der Waals surface area contributed by atoms with Crippen LogP contribution in [-0.4, -0.2) is 27.7 Å². The van der Waals surface area contributed by atoms with Gasteiger partial charge >= 0.3 is 5.97 Å². The van der Waals surface area contributed by atoms with Gasteiger partial charge in [0.05, 0.1) is 10.6 Å². The number of carbonyl (C=O) groups excluding carboxylic acids is 2. The Kier molecular flexibility index (Phi) is 4.50. The van der Waals surface area contributed by atoms with Gasteiger partial charge < -0.3 is 10.1 Å². The molecule has 0 bridgehead atoms. The molecule has 10 heteroatoms. The molecule has 1 aromatic carbocycles. The van der Waals surface area contributed by atoms with Gasteiger partial charge in [-0.25, -0.2) is 4.39 Å². The second kappa shape index (κ2) is 5.93. The Morgan fingerprint density at radius 1 is 1.48 bits per heavy atom. The predicted octanol–water partition coefficient (Wildman–Crippen LogP) is 2.80. The molecule has 2 rings (SSSR count). The number of anilines is 1. The minimum absolute atomic E-state index is 0.197. The molecule has 1 aliphatic rings. The molecule has 1 saturated carbocycles. The van der Waals surface area contributed by atoms with E-state index in [4.69, 9.17) is 27.9 Å². The summed E-state index contributed by atoms with van der Waals surface area (Å²) in [5.41, 5.74) is -1.87. The number of benzene rings is 1. The number of amides is 1. The molecule has 0 radical (unpaired) electrons. The van der Waals surface area contributed by atoms with Crippen molar-refractivity contribution in [2.75, 3.05) is 11.9 Å². The minimum Gasteiger partial charge on any atom is -0.455 e. The van der Waals surface area contributed by atoms with Crippen LogP contribution in [0.1, 0.15) is 13.3 Å². The van der Waals surface area contributed by atoms with Crippen LogP contribution in [0.25, 0.3) is 0 Å². The number of nitro groups is 1. The van der Waals surface area contributed by atoms with E-state index in [2.05, 4.69) is 5.32 Å². The summed E-state index contributed by atoms with van der Waals surface area (Å²) in [5, 5.41) is 12.7. The van der Waals surface area contributed by atoms with Crippen molar-refractivity contribution in [3.8, 4) is 0 Å². The van der Waals surface area contributed by atoms with E-state index in [0.29, 0.717) is 0 Å². The summed E-state index contributed by atoms with van der Waals surface area (Å²) in [6.07, 6.45) is 0.197. The van der Waals surface area contributed by atoms with E-state index < -0.39 is 44.7 Å². The van der Waals surface area contributed by atoms with Crippen molar-refractivity contribution < 1.29 is 23.6 Å². The van der Waals surface area contributed by atoms with Crippen molar-refractivity contribution in [2.24, 2.45) is 5.41 Å². The Balaban J connectivity index is 1.94. The van der Waals surface area contributed by atoms with Gasteiger partial charge in [0.1, 0.15) is 15.6 Å². The molecule has 1 N–H and O–H groups in total. The van der Waals surface area contributed by atoms with Gasteiger partial charge in [0.25, 0.3) is 11.6 Å². The SMILES string of the molecule is C[C@@]1(C(=O)OCC(=O)Nc2cc([N+](=O)[O-])ccc2F)CC1(Cl)Cl. The van der Waals surface area contributed by atoms with Crippen molar-refractivity contribution >= 4 is 46.5 Å². The third-order valence-electron chi connectivity index (χ3n) is 3.48. The molecule has 0 aromatic heterocycles. The topological polar surface area (TPSA) is 98.5 Å². The van der Waals surface area contributed by atoms with Crippen molar-refractivity contribution in [3.63, 3.8) is 0 Å². The molecule has 1 aliphatic carbocycles. The van der Waals surface area contributed by atoms with Crippen LogP contribution < -0.4 is 5.32 Å². The summed E-state index contributed by atoms with van der Waals surface area (Å²) < 4.78 is 17.1. The number of non-ortho nitro benzene ring substituents is 1. The van der Waals surface area contributed by atoms with Gasteiger partial charge in [0, 0.05) is 18.6 Å². The predicted molar refractivity (Wildman–Crippen MR) is 79.8 cm³/mol. The highest BCUT2D eigenvalue weighted by Crippen LogP contribution is 2.64. The highest BCUT2D eigenvalue weighted by molar-refractivity contribution is 6.53. The molecule has 0 aliphatic heterocycles. The zero-order valence-corrected chi connectivity index (χ0v) is 13.3. The first kappa shape index (κ1) is 17.4. The molecule has 1 aromatic rings. The maximum Gasteiger partial charge on any atom is 0.315 e. The van der Waals surface area contributed by atoms with Gasteiger partial charge in [-0.2, -0.15) is 0 Å². The lowest BCUT2D eigenvalue weighted by Gasteiger charge is -2.12. The summed E-state index contributed by atoms with van der Waals surface area (Å²) in [7, 11) is 0. The van der Waals surface area contributed by atoms with E-state index >= 15 is 0 Å². The molecule has 0 heterocycles. The molecular formula is C13H11Cl2FN2O5. The maximum absolute atomic E-state index is 13.5. The van der Waals surface area contributed by atoms with Crippen molar-refractivity contribution in [1.29, 1.82) is 0 Å². The summed E-state index contributed by atoms with van der Waals surface area (Å²) in [4.78, 5) is 33.3. The molecule has 0 saturated heterocycles. The summed E-state index contributed by atoms with van der Waals surface area (Å²) >= 11 is 11.6. The summed E-state index contributed by atoms with van der Waals surface area (Å²) in [5.74, 6) is -2.46. The molecule has 0 spiro atoms. The first-order valence-electron chi connectivity index (χ1n) is 6.36. The number of alkyl halides is 2. The number of nitrogens with zero attached hydrogens (tertiary/aromatic N) is 1. The number of carbonyl (C=O) groups is 2. The number of hydrogen-bond acceptors (Lipinski definition) is 5. The smallest absolute Gasteiger partial charge is 0.315 e. The van der Waals surface area contributed by atoms with E-state index in [1.54, 1.807) is 0 Å². The van der Waals surface area contributed by atoms with Crippen LogP contribution in [0.15, 0.2) is 18.2 Å². The average molecular weight is 365 g/mol. The number of nitrogens with one attached hydrogen (secondary N) is 1. The quantitative estimate of drug-likeness (QED) is 0.374. The normalized spacial score (nSPS) is 21.4. The third-order valence-corrected chi connectivity index (χ3v) is 4.58. The van der Waals surface area contributed by atoms with Crippen LogP contribution in [0.4, 0.5) is 15.8 Å². The molecule has 7 nitrogen and oxygen atoms in total. The fraction of sp³-hybridized carbons (Fsp3) is 0.385. The molecule has 1 atom stereocenters. The molecule has 1 fully saturated rings. The fourth-order valence-corrected chi connectivity index (χ4v) is 2.51. The Morgan fingerprint density at radius 2 is 2.09 bits per heavy atom. The van der Waals surface area contributed by atoms with Gasteiger partial charge in [-0.15, -0.1) is 23.2 Å². The molecule has 23 heavy (non-hydrogen) atoms. The Hall–Kier alpha value is -1.93. The molecule has 1 amide bonds. The molecule has 0 unspecified atom stereocenters. The third kappa shape index (κ3) is 3.53. The van der Waals surface area contributed by atoms with E-state index in [1.165, 1.54) is 6.92 Å². The van der Waals surface area contributed by atoms with E-state index in [1.807, 2.05) is 0 Å². The van der Waals surface area contributed by atoms with Crippen LogP contribution >= 0.6 is 23.2 Å². The number of esters is 1. The number of ether oxygens (including phenoxy) is 1. The van der Waals surface area contributed by atoms with Crippen molar-refractivity contribution in [3.05, 3.63) is 34.1 Å². The lowest BCUT2D eigenvalue weighted by Crippen LogP contribution is -2.27. The van der Waals surface area contributed by atoms with Gasteiger partial charge in [0.2, 0.25) is 0 Å². The second-order valence-corrected chi connectivity index (χ2v) is 6.74. The fourth-order valence-electron chi connectivity index (χ4n) is 1.82.